The van der Waals surface area contributed by atoms with Crippen molar-refractivity contribution in [2.75, 3.05) is 0 Å². The van der Waals surface area contributed by atoms with Crippen LogP contribution in [0, 0.1) is 0 Å². The number of pyridine rings is 1. The van der Waals surface area contributed by atoms with Gasteiger partial charge in [0.05, 0.1) is 22.4 Å². The molecule has 2 heterocycles. The Balaban J connectivity index is 1.50. The Labute approximate surface area is 171 Å². The summed E-state index contributed by atoms with van der Waals surface area (Å²) in [5, 5.41) is 3.55. The number of benzene rings is 3. The Hall–Kier alpha value is -2.69. The van der Waals surface area contributed by atoms with E-state index in [4.69, 9.17) is 14.3 Å². The smallest absolute Gasteiger partial charge is 0.399 e. The fourth-order valence-corrected chi connectivity index (χ4v) is 3.78. The van der Waals surface area contributed by atoms with Gasteiger partial charge in [0.2, 0.25) is 0 Å². The molecular weight excluding hydrogens is 357 g/mol. The van der Waals surface area contributed by atoms with Gasteiger partial charge >= 0.3 is 7.12 Å². The minimum atomic E-state index is -0.357. The van der Waals surface area contributed by atoms with Gasteiger partial charge in [0.15, 0.2) is 0 Å². The van der Waals surface area contributed by atoms with Crippen molar-refractivity contribution < 1.29 is 9.31 Å². The summed E-state index contributed by atoms with van der Waals surface area (Å²) in [5.41, 5.74) is 3.41. The molecule has 0 aliphatic carbocycles. The summed E-state index contributed by atoms with van der Waals surface area (Å²) in [6.07, 6.45) is 0. The summed E-state index contributed by atoms with van der Waals surface area (Å²) >= 11 is 0. The van der Waals surface area contributed by atoms with E-state index in [9.17, 15) is 0 Å². The highest BCUT2D eigenvalue weighted by Crippen LogP contribution is 2.36. The molecule has 0 radical (unpaired) electrons. The fourth-order valence-electron chi connectivity index (χ4n) is 3.78. The number of hydrogen-bond acceptors (Lipinski definition) is 3. The molecule has 0 unspecified atom stereocenters. The van der Waals surface area contributed by atoms with Crippen molar-refractivity contribution in [1.82, 2.24) is 4.98 Å². The first-order chi connectivity index (χ1) is 13.8. The third kappa shape index (κ3) is 3.13. The van der Waals surface area contributed by atoms with Gasteiger partial charge in [-0.2, -0.15) is 0 Å². The van der Waals surface area contributed by atoms with Crippen LogP contribution >= 0.6 is 0 Å². The van der Waals surface area contributed by atoms with Gasteiger partial charge < -0.3 is 9.31 Å². The topological polar surface area (TPSA) is 31.4 Å². The number of aromatic nitrogens is 1. The van der Waals surface area contributed by atoms with Crippen molar-refractivity contribution in [3.63, 3.8) is 0 Å². The van der Waals surface area contributed by atoms with E-state index >= 15 is 0 Å². The zero-order valence-electron chi connectivity index (χ0n) is 17.3. The highest BCUT2D eigenvalue weighted by molar-refractivity contribution is 6.62. The van der Waals surface area contributed by atoms with E-state index in [1.54, 1.807) is 0 Å². The van der Waals surface area contributed by atoms with Crippen LogP contribution in [0.2, 0.25) is 0 Å². The highest BCUT2D eigenvalue weighted by atomic mass is 16.7. The Morgan fingerprint density at radius 2 is 1.38 bits per heavy atom. The van der Waals surface area contributed by atoms with Gasteiger partial charge in [0.25, 0.3) is 0 Å². The highest BCUT2D eigenvalue weighted by Gasteiger charge is 2.51. The molecule has 5 rings (SSSR count). The molecule has 4 aromatic rings. The third-order valence-electron chi connectivity index (χ3n) is 6.28. The summed E-state index contributed by atoms with van der Waals surface area (Å²) in [7, 11) is -0.357. The van der Waals surface area contributed by atoms with Crippen molar-refractivity contribution in [3.05, 3.63) is 72.8 Å². The normalized spacial score (nSPS) is 17.9. The molecule has 3 aromatic carbocycles. The molecule has 1 saturated heterocycles. The lowest BCUT2D eigenvalue weighted by atomic mass is 9.78. The van der Waals surface area contributed by atoms with Crippen LogP contribution in [-0.2, 0) is 9.31 Å². The Morgan fingerprint density at radius 1 is 0.690 bits per heavy atom. The van der Waals surface area contributed by atoms with Crippen LogP contribution in [0.25, 0.3) is 32.9 Å². The largest absolute Gasteiger partial charge is 0.494 e. The van der Waals surface area contributed by atoms with E-state index in [2.05, 4.69) is 100 Å². The predicted molar refractivity (Wildman–Crippen MR) is 120 cm³/mol. The molecule has 144 valence electrons. The maximum atomic E-state index is 6.19. The van der Waals surface area contributed by atoms with E-state index in [1.807, 2.05) is 0 Å². The molecule has 1 aliphatic rings. The van der Waals surface area contributed by atoms with Gasteiger partial charge in [-0.3, -0.25) is 0 Å². The molecule has 1 aromatic heterocycles. The van der Waals surface area contributed by atoms with E-state index in [1.165, 1.54) is 10.8 Å². The molecule has 0 saturated carbocycles. The van der Waals surface area contributed by atoms with Gasteiger partial charge in [-0.25, -0.2) is 4.98 Å². The second kappa shape index (κ2) is 6.41. The average molecular weight is 381 g/mol. The van der Waals surface area contributed by atoms with Crippen molar-refractivity contribution in [3.8, 4) is 11.3 Å². The standard InChI is InChI=1S/C25H24BNO2/c1-24(2)25(3,4)29-26(28-24)21-12-14-23-20(16-21)11-13-22(27-23)19-10-9-17-7-5-6-8-18(17)15-19/h5-16H,1-4H3. The monoisotopic (exact) mass is 381 g/mol. The van der Waals surface area contributed by atoms with E-state index in [-0.39, 0.29) is 18.3 Å². The van der Waals surface area contributed by atoms with Gasteiger partial charge in [0.1, 0.15) is 0 Å². The van der Waals surface area contributed by atoms with Gasteiger partial charge in [-0.1, -0.05) is 54.6 Å². The van der Waals surface area contributed by atoms with Crippen molar-refractivity contribution in [2.24, 2.45) is 0 Å². The van der Waals surface area contributed by atoms with Crippen LogP contribution in [0.4, 0.5) is 0 Å². The van der Waals surface area contributed by atoms with E-state index in [0.29, 0.717) is 0 Å². The molecule has 0 atom stereocenters. The minimum absolute atomic E-state index is 0.342. The van der Waals surface area contributed by atoms with E-state index < -0.39 is 0 Å². The first kappa shape index (κ1) is 18.4. The minimum Gasteiger partial charge on any atom is -0.399 e. The fraction of sp³-hybridized carbons (Fsp3) is 0.240. The van der Waals surface area contributed by atoms with Gasteiger partial charge in [-0.05, 0) is 67.5 Å². The second-order valence-corrected chi connectivity index (χ2v) is 8.80. The Morgan fingerprint density at radius 3 is 2.14 bits per heavy atom. The molecule has 1 fully saturated rings. The zero-order valence-corrected chi connectivity index (χ0v) is 17.3. The number of fused-ring (bicyclic) bond motifs is 2. The SMILES string of the molecule is CC1(C)OB(c2ccc3nc(-c4ccc5ccccc5c4)ccc3c2)OC1(C)C. The maximum absolute atomic E-state index is 6.19. The Bertz CT molecular complexity index is 1220. The number of rotatable bonds is 2. The summed E-state index contributed by atoms with van der Waals surface area (Å²) in [6, 6.07) is 25.3. The van der Waals surface area contributed by atoms with Gasteiger partial charge in [-0.15, -0.1) is 0 Å². The molecule has 0 spiro atoms. The zero-order chi connectivity index (χ0) is 20.2. The van der Waals surface area contributed by atoms with Crippen LogP contribution in [0.15, 0.2) is 72.8 Å². The molecule has 4 heteroatoms. The lowest BCUT2D eigenvalue weighted by Crippen LogP contribution is -2.41. The van der Waals surface area contributed by atoms with Crippen LogP contribution in [0.1, 0.15) is 27.7 Å². The van der Waals surface area contributed by atoms with Crippen molar-refractivity contribution in [1.29, 1.82) is 0 Å². The lowest BCUT2D eigenvalue weighted by molar-refractivity contribution is 0.00578. The number of hydrogen-bond donors (Lipinski definition) is 0. The van der Waals surface area contributed by atoms with Crippen molar-refractivity contribution >= 4 is 34.3 Å². The molecule has 3 nitrogen and oxygen atoms in total. The van der Waals surface area contributed by atoms with Crippen LogP contribution in [0.5, 0.6) is 0 Å². The molecular formula is C25H24BNO2. The van der Waals surface area contributed by atoms with Crippen LogP contribution in [0.3, 0.4) is 0 Å². The van der Waals surface area contributed by atoms with Crippen LogP contribution < -0.4 is 5.46 Å². The molecule has 0 bridgehead atoms. The summed E-state index contributed by atoms with van der Waals surface area (Å²) in [4.78, 5) is 4.90. The second-order valence-electron chi connectivity index (χ2n) is 8.80. The summed E-state index contributed by atoms with van der Waals surface area (Å²) in [6.45, 7) is 8.30. The molecule has 29 heavy (non-hydrogen) atoms. The van der Waals surface area contributed by atoms with E-state index in [0.717, 1.165) is 27.6 Å². The average Bonchev–Trinajstić information content (AvgIpc) is 2.94. The van der Waals surface area contributed by atoms with Crippen LogP contribution in [-0.4, -0.2) is 23.3 Å². The van der Waals surface area contributed by atoms with Gasteiger partial charge in [0, 0.05) is 5.56 Å². The first-order valence-electron chi connectivity index (χ1n) is 10.1. The molecule has 0 amide bonds. The third-order valence-corrected chi connectivity index (χ3v) is 6.28. The summed E-state index contributed by atoms with van der Waals surface area (Å²) < 4.78 is 12.4. The summed E-state index contributed by atoms with van der Waals surface area (Å²) in [5.74, 6) is 0. The number of nitrogens with zero attached hydrogens (tertiary/aromatic N) is 1. The lowest BCUT2D eigenvalue weighted by Gasteiger charge is -2.32. The molecule has 0 N–H and O–H groups in total. The molecule has 1 aliphatic heterocycles. The Kier molecular flexibility index (Phi) is 4.06. The quantitative estimate of drug-likeness (QED) is 0.439. The first-order valence-corrected chi connectivity index (χ1v) is 10.1. The van der Waals surface area contributed by atoms with Crippen molar-refractivity contribution in [2.45, 2.75) is 38.9 Å². The predicted octanol–water partition coefficient (Wildman–Crippen LogP) is 5.35. The maximum Gasteiger partial charge on any atom is 0.494 e.